The summed E-state index contributed by atoms with van der Waals surface area (Å²) >= 11 is 0. The van der Waals surface area contributed by atoms with Crippen LogP contribution in [0.5, 0.6) is 0 Å². The zero-order valence-corrected chi connectivity index (χ0v) is 9.53. The Morgan fingerprint density at radius 3 is 3.06 bits per heavy atom. The maximum Gasteiger partial charge on any atom is 0.0702 e. The number of hydrogen-bond acceptors (Lipinski definition) is 2. The molecule has 1 fully saturated rings. The fourth-order valence-corrected chi connectivity index (χ4v) is 2.56. The van der Waals surface area contributed by atoms with Crippen LogP contribution in [-0.2, 0) is 5.54 Å². The van der Waals surface area contributed by atoms with Crippen LogP contribution in [0, 0.1) is 0 Å². The zero-order valence-electron chi connectivity index (χ0n) is 9.53. The van der Waals surface area contributed by atoms with Crippen molar-refractivity contribution in [3.8, 4) is 0 Å². The highest BCUT2D eigenvalue weighted by Gasteiger charge is 2.29. The summed E-state index contributed by atoms with van der Waals surface area (Å²) in [7, 11) is 0. The molecule has 0 amide bonds. The van der Waals surface area contributed by atoms with Gasteiger partial charge in [0.2, 0.25) is 0 Å². The Labute approximate surface area is 95.7 Å². The van der Waals surface area contributed by atoms with Crippen molar-refractivity contribution in [3.63, 3.8) is 0 Å². The number of rotatable bonds is 1. The van der Waals surface area contributed by atoms with Crippen molar-refractivity contribution in [1.29, 1.82) is 0 Å². The molecule has 1 saturated heterocycles. The number of nitrogens with one attached hydrogen (secondary N) is 1. The lowest BCUT2D eigenvalue weighted by atomic mass is 9.90. The molecule has 1 aromatic carbocycles. The first-order valence-corrected chi connectivity index (χ1v) is 5.88. The minimum absolute atomic E-state index is 0.157. The molecule has 82 valence electrons. The number of benzene rings is 1. The molecule has 0 aliphatic carbocycles. The molecule has 2 nitrogen and oxygen atoms in total. The molecule has 1 aliphatic rings. The SMILES string of the molecule is CC1(c2ccc3ncccc3c2)CCCN1. The van der Waals surface area contributed by atoms with Crippen LogP contribution in [0.2, 0.25) is 0 Å². The maximum absolute atomic E-state index is 4.35. The van der Waals surface area contributed by atoms with Gasteiger partial charge in [0.1, 0.15) is 0 Å². The Balaban J connectivity index is 2.11. The lowest BCUT2D eigenvalue weighted by Crippen LogP contribution is -2.32. The molecular weight excluding hydrogens is 196 g/mol. The van der Waals surface area contributed by atoms with Crippen LogP contribution < -0.4 is 5.32 Å². The number of aromatic nitrogens is 1. The third-order valence-corrected chi connectivity index (χ3v) is 3.61. The van der Waals surface area contributed by atoms with Gasteiger partial charge in [-0.15, -0.1) is 0 Å². The Morgan fingerprint density at radius 2 is 2.25 bits per heavy atom. The molecule has 3 rings (SSSR count). The van der Waals surface area contributed by atoms with Crippen LogP contribution in [0.4, 0.5) is 0 Å². The van der Waals surface area contributed by atoms with Crippen LogP contribution in [0.3, 0.4) is 0 Å². The van der Waals surface area contributed by atoms with Crippen LogP contribution >= 0.6 is 0 Å². The van der Waals surface area contributed by atoms with E-state index in [1.54, 1.807) is 0 Å². The van der Waals surface area contributed by atoms with E-state index in [0.29, 0.717) is 0 Å². The van der Waals surface area contributed by atoms with Crippen molar-refractivity contribution in [2.75, 3.05) is 6.54 Å². The van der Waals surface area contributed by atoms with Gasteiger partial charge < -0.3 is 5.32 Å². The summed E-state index contributed by atoms with van der Waals surface area (Å²) in [5.74, 6) is 0. The van der Waals surface area contributed by atoms with Crippen molar-refractivity contribution < 1.29 is 0 Å². The second-order valence-electron chi connectivity index (χ2n) is 4.77. The highest BCUT2D eigenvalue weighted by atomic mass is 15.0. The fraction of sp³-hybridized carbons (Fsp3) is 0.357. The van der Waals surface area contributed by atoms with Gasteiger partial charge in [-0.05, 0) is 50.1 Å². The van der Waals surface area contributed by atoms with Gasteiger partial charge in [-0.25, -0.2) is 0 Å². The summed E-state index contributed by atoms with van der Waals surface area (Å²) in [6, 6.07) is 10.7. The Morgan fingerprint density at radius 1 is 1.31 bits per heavy atom. The average Bonchev–Trinajstić information content (AvgIpc) is 2.77. The highest BCUT2D eigenvalue weighted by molar-refractivity contribution is 5.79. The van der Waals surface area contributed by atoms with E-state index in [0.717, 1.165) is 12.1 Å². The third kappa shape index (κ3) is 1.50. The van der Waals surface area contributed by atoms with Crippen LogP contribution in [0.15, 0.2) is 36.5 Å². The Kier molecular flexibility index (Phi) is 2.18. The van der Waals surface area contributed by atoms with Crippen molar-refractivity contribution in [3.05, 3.63) is 42.1 Å². The number of hydrogen-bond donors (Lipinski definition) is 1. The molecule has 0 radical (unpaired) electrons. The fourth-order valence-electron chi connectivity index (χ4n) is 2.56. The minimum Gasteiger partial charge on any atom is -0.308 e. The van der Waals surface area contributed by atoms with Gasteiger partial charge in [0.25, 0.3) is 0 Å². The molecule has 0 saturated carbocycles. The van der Waals surface area contributed by atoms with Gasteiger partial charge in [0.15, 0.2) is 0 Å². The van der Waals surface area contributed by atoms with Crippen molar-refractivity contribution >= 4 is 10.9 Å². The van der Waals surface area contributed by atoms with Crippen molar-refractivity contribution in [2.45, 2.75) is 25.3 Å². The molecule has 0 bridgehead atoms. The van der Waals surface area contributed by atoms with Crippen LogP contribution in [-0.4, -0.2) is 11.5 Å². The molecule has 0 spiro atoms. The lowest BCUT2D eigenvalue weighted by molar-refractivity contribution is 0.435. The Hall–Kier alpha value is -1.41. The molecule has 1 N–H and O–H groups in total. The second-order valence-corrected chi connectivity index (χ2v) is 4.77. The van der Waals surface area contributed by atoms with E-state index in [-0.39, 0.29) is 5.54 Å². The quantitative estimate of drug-likeness (QED) is 0.786. The summed E-state index contributed by atoms with van der Waals surface area (Å²) in [5, 5.41) is 4.82. The summed E-state index contributed by atoms with van der Waals surface area (Å²) in [4.78, 5) is 4.35. The summed E-state index contributed by atoms with van der Waals surface area (Å²) in [5.41, 5.74) is 2.61. The summed E-state index contributed by atoms with van der Waals surface area (Å²) in [6.07, 6.45) is 4.33. The molecule has 1 aliphatic heterocycles. The van der Waals surface area contributed by atoms with Gasteiger partial charge in [-0.3, -0.25) is 4.98 Å². The normalized spacial score (nSPS) is 25.1. The highest BCUT2D eigenvalue weighted by Crippen LogP contribution is 2.31. The van der Waals surface area contributed by atoms with Gasteiger partial charge in [-0.1, -0.05) is 12.1 Å². The van der Waals surface area contributed by atoms with E-state index in [4.69, 9.17) is 0 Å². The van der Waals surface area contributed by atoms with E-state index in [2.05, 4.69) is 41.5 Å². The second kappa shape index (κ2) is 3.56. The standard InChI is InChI=1S/C14H16N2/c1-14(7-3-9-16-14)12-5-6-13-11(10-12)4-2-8-15-13/h2,4-6,8,10,16H,3,7,9H2,1H3. The summed E-state index contributed by atoms with van der Waals surface area (Å²) in [6.45, 7) is 3.42. The average molecular weight is 212 g/mol. The van der Waals surface area contributed by atoms with E-state index >= 15 is 0 Å². The van der Waals surface area contributed by atoms with Crippen LogP contribution in [0.25, 0.3) is 10.9 Å². The van der Waals surface area contributed by atoms with Gasteiger partial charge in [0.05, 0.1) is 5.52 Å². The van der Waals surface area contributed by atoms with E-state index in [9.17, 15) is 0 Å². The monoisotopic (exact) mass is 212 g/mol. The van der Waals surface area contributed by atoms with Crippen LogP contribution in [0.1, 0.15) is 25.3 Å². The predicted molar refractivity (Wildman–Crippen MR) is 66.3 cm³/mol. The number of nitrogens with zero attached hydrogens (tertiary/aromatic N) is 1. The largest absolute Gasteiger partial charge is 0.308 e. The number of pyridine rings is 1. The predicted octanol–water partition coefficient (Wildman–Crippen LogP) is 2.83. The lowest BCUT2D eigenvalue weighted by Gasteiger charge is -2.25. The smallest absolute Gasteiger partial charge is 0.0702 e. The van der Waals surface area contributed by atoms with E-state index in [1.807, 2.05) is 12.3 Å². The van der Waals surface area contributed by atoms with Crippen molar-refractivity contribution in [1.82, 2.24) is 10.3 Å². The minimum atomic E-state index is 0.157. The molecular formula is C14H16N2. The molecule has 2 aromatic rings. The zero-order chi connectivity index (χ0) is 11.0. The molecule has 2 heterocycles. The number of fused-ring (bicyclic) bond motifs is 1. The molecule has 2 heteroatoms. The first-order valence-electron chi connectivity index (χ1n) is 5.88. The van der Waals surface area contributed by atoms with Gasteiger partial charge in [0, 0.05) is 17.1 Å². The van der Waals surface area contributed by atoms with Crippen molar-refractivity contribution in [2.24, 2.45) is 0 Å². The third-order valence-electron chi connectivity index (χ3n) is 3.61. The molecule has 1 atom stereocenters. The Bertz CT molecular complexity index is 513. The van der Waals surface area contributed by atoms with E-state index in [1.165, 1.54) is 23.8 Å². The van der Waals surface area contributed by atoms with Gasteiger partial charge in [-0.2, -0.15) is 0 Å². The molecule has 1 unspecified atom stereocenters. The van der Waals surface area contributed by atoms with E-state index < -0.39 is 0 Å². The summed E-state index contributed by atoms with van der Waals surface area (Å²) < 4.78 is 0. The first-order chi connectivity index (χ1) is 7.78. The van der Waals surface area contributed by atoms with Gasteiger partial charge >= 0.3 is 0 Å². The maximum atomic E-state index is 4.35. The molecule has 1 aromatic heterocycles. The first kappa shape index (κ1) is 9.79. The molecule has 16 heavy (non-hydrogen) atoms. The topological polar surface area (TPSA) is 24.9 Å².